The Hall–Kier alpha value is -2.30. The number of benzene rings is 1. The number of likely N-dealkylation sites (tertiary alicyclic amines) is 1. The van der Waals surface area contributed by atoms with Gasteiger partial charge >= 0.3 is 0 Å². The number of hydrogen-bond acceptors (Lipinski definition) is 3. The first kappa shape index (κ1) is 18.5. The lowest BCUT2D eigenvalue weighted by Gasteiger charge is -2.36. The van der Waals surface area contributed by atoms with Gasteiger partial charge in [-0.2, -0.15) is 0 Å². The number of phenols is 1. The van der Waals surface area contributed by atoms with E-state index in [1.54, 1.807) is 12.1 Å². The highest BCUT2D eigenvalue weighted by molar-refractivity contribution is 5.76. The number of carbonyl (C=O) groups is 1. The second-order valence-corrected chi connectivity index (χ2v) is 7.08. The lowest BCUT2D eigenvalue weighted by molar-refractivity contribution is -0.135. The van der Waals surface area contributed by atoms with Crippen LogP contribution >= 0.6 is 0 Å². The van der Waals surface area contributed by atoms with Crippen LogP contribution in [0.1, 0.15) is 50.4 Å². The van der Waals surface area contributed by atoms with Gasteiger partial charge in [-0.05, 0) is 49.8 Å². The minimum Gasteiger partial charge on any atom is -0.508 e. The average molecular weight is 355 g/mol. The van der Waals surface area contributed by atoms with Crippen LogP contribution in [0.25, 0.3) is 0 Å². The molecule has 1 unspecified atom stereocenters. The molecule has 1 aliphatic heterocycles. The summed E-state index contributed by atoms with van der Waals surface area (Å²) in [6.07, 6.45) is 10.5. The minimum absolute atomic E-state index is 0.260. The van der Waals surface area contributed by atoms with Crippen molar-refractivity contribution in [3.05, 3.63) is 48.0 Å². The van der Waals surface area contributed by atoms with Crippen molar-refractivity contribution in [2.24, 2.45) is 0 Å². The molecule has 0 aliphatic carbocycles. The Morgan fingerprint density at radius 1 is 1.27 bits per heavy atom. The van der Waals surface area contributed by atoms with Crippen molar-refractivity contribution in [3.8, 4) is 5.75 Å². The molecule has 5 nitrogen and oxygen atoms in total. The van der Waals surface area contributed by atoms with Crippen molar-refractivity contribution in [3.63, 3.8) is 0 Å². The summed E-state index contributed by atoms with van der Waals surface area (Å²) in [5.41, 5.74) is 1.21. The Balaban J connectivity index is 1.55. The van der Waals surface area contributed by atoms with Crippen molar-refractivity contribution in [1.82, 2.24) is 14.5 Å². The molecule has 0 radical (unpaired) electrons. The van der Waals surface area contributed by atoms with Gasteiger partial charge in [0.2, 0.25) is 5.91 Å². The van der Waals surface area contributed by atoms with Gasteiger partial charge in [0.05, 0.1) is 0 Å². The first-order valence-corrected chi connectivity index (χ1v) is 9.74. The molecule has 2 heterocycles. The highest BCUT2D eigenvalue weighted by atomic mass is 16.3. The molecule has 26 heavy (non-hydrogen) atoms. The standard InChI is InChI=1S/C21H29N3O2/c1-2-20-22-13-16-23(20)15-12-21(26)24-14-4-3-5-18(24)9-6-17-7-10-19(25)11-8-17/h7-8,10-11,13,16,18,25H,2-6,9,12,14-15H2,1H3. The Labute approximate surface area is 155 Å². The molecular weight excluding hydrogens is 326 g/mol. The third-order valence-electron chi connectivity index (χ3n) is 5.33. The summed E-state index contributed by atoms with van der Waals surface area (Å²) in [4.78, 5) is 19.3. The summed E-state index contributed by atoms with van der Waals surface area (Å²) < 4.78 is 2.09. The van der Waals surface area contributed by atoms with Gasteiger partial charge in [0.25, 0.3) is 0 Å². The number of phenolic OH excluding ortho intramolecular Hbond substituents is 1. The van der Waals surface area contributed by atoms with E-state index in [0.717, 1.165) is 44.5 Å². The lowest BCUT2D eigenvalue weighted by Crippen LogP contribution is -2.44. The summed E-state index contributed by atoms with van der Waals surface area (Å²) in [5.74, 6) is 1.60. The van der Waals surface area contributed by atoms with E-state index in [2.05, 4.69) is 21.4 Å². The number of hydrogen-bond donors (Lipinski definition) is 1. The number of aryl methyl sites for hydroxylation is 3. The number of aromatic hydroxyl groups is 1. The molecule has 1 atom stereocenters. The highest BCUT2D eigenvalue weighted by Gasteiger charge is 2.26. The second kappa shape index (κ2) is 8.88. The van der Waals surface area contributed by atoms with Crippen LogP contribution in [0.15, 0.2) is 36.7 Å². The van der Waals surface area contributed by atoms with E-state index >= 15 is 0 Å². The zero-order chi connectivity index (χ0) is 18.4. The molecule has 140 valence electrons. The first-order valence-electron chi connectivity index (χ1n) is 9.74. The summed E-state index contributed by atoms with van der Waals surface area (Å²) >= 11 is 0. The third kappa shape index (κ3) is 4.65. The smallest absolute Gasteiger partial charge is 0.224 e. The minimum atomic E-state index is 0.260. The molecule has 1 aliphatic rings. The number of nitrogens with zero attached hydrogens (tertiary/aromatic N) is 3. The molecule has 1 N–H and O–H groups in total. The zero-order valence-electron chi connectivity index (χ0n) is 15.6. The number of rotatable bonds is 7. The van der Waals surface area contributed by atoms with Crippen LogP contribution in [0.3, 0.4) is 0 Å². The Bertz CT molecular complexity index is 708. The van der Waals surface area contributed by atoms with Crippen LogP contribution in [-0.2, 0) is 24.2 Å². The van der Waals surface area contributed by atoms with Crippen LogP contribution < -0.4 is 0 Å². The topological polar surface area (TPSA) is 58.4 Å². The number of piperidine rings is 1. The zero-order valence-corrected chi connectivity index (χ0v) is 15.6. The van der Waals surface area contributed by atoms with Crippen LogP contribution in [0.4, 0.5) is 0 Å². The molecule has 1 saturated heterocycles. The maximum Gasteiger partial charge on any atom is 0.224 e. The number of carbonyl (C=O) groups excluding carboxylic acids is 1. The van der Waals surface area contributed by atoms with E-state index in [1.807, 2.05) is 24.5 Å². The Morgan fingerprint density at radius 2 is 2.08 bits per heavy atom. The van der Waals surface area contributed by atoms with Crippen molar-refractivity contribution in [1.29, 1.82) is 0 Å². The number of imidazole rings is 1. The summed E-state index contributed by atoms with van der Waals surface area (Å²) in [6.45, 7) is 3.68. The molecule has 5 heteroatoms. The molecule has 0 saturated carbocycles. The predicted molar refractivity (Wildman–Crippen MR) is 102 cm³/mol. The molecule has 1 amide bonds. The monoisotopic (exact) mass is 355 g/mol. The van der Waals surface area contributed by atoms with Crippen LogP contribution in [0, 0.1) is 0 Å². The fourth-order valence-corrected chi connectivity index (χ4v) is 3.84. The average Bonchev–Trinajstić information content (AvgIpc) is 3.13. The van der Waals surface area contributed by atoms with Gasteiger partial charge in [0, 0.05) is 44.4 Å². The molecule has 2 aromatic rings. The number of amides is 1. The van der Waals surface area contributed by atoms with Crippen molar-refractivity contribution < 1.29 is 9.90 Å². The van der Waals surface area contributed by atoms with Crippen molar-refractivity contribution in [2.45, 2.75) is 64.5 Å². The van der Waals surface area contributed by atoms with Crippen molar-refractivity contribution >= 4 is 5.91 Å². The highest BCUT2D eigenvalue weighted by Crippen LogP contribution is 2.23. The molecule has 0 spiro atoms. The molecule has 1 fully saturated rings. The van der Waals surface area contributed by atoms with Gasteiger partial charge in [-0.25, -0.2) is 4.98 Å². The van der Waals surface area contributed by atoms with E-state index in [4.69, 9.17) is 0 Å². The lowest BCUT2D eigenvalue weighted by atomic mass is 9.95. The molecule has 0 bridgehead atoms. The Morgan fingerprint density at radius 3 is 2.85 bits per heavy atom. The summed E-state index contributed by atoms with van der Waals surface area (Å²) in [5, 5.41) is 9.40. The van der Waals surface area contributed by atoms with Gasteiger partial charge in [-0.1, -0.05) is 19.1 Å². The van der Waals surface area contributed by atoms with E-state index in [9.17, 15) is 9.90 Å². The summed E-state index contributed by atoms with van der Waals surface area (Å²) in [7, 11) is 0. The van der Waals surface area contributed by atoms with E-state index in [0.29, 0.717) is 24.8 Å². The van der Waals surface area contributed by atoms with Crippen LogP contribution in [0.5, 0.6) is 5.75 Å². The maximum absolute atomic E-state index is 12.8. The predicted octanol–water partition coefficient (Wildman–Crippen LogP) is 3.56. The van der Waals surface area contributed by atoms with Crippen LogP contribution in [0.2, 0.25) is 0 Å². The fraction of sp³-hybridized carbons (Fsp3) is 0.524. The second-order valence-electron chi connectivity index (χ2n) is 7.08. The van der Waals surface area contributed by atoms with Gasteiger partial charge in [0.15, 0.2) is 0 Å². The largest absolute Gasteiger partial charge is 0.508 e. The van der Waals surface area contributed by atoms with E-state index < -0.39 is 0 Å². The number of aromatic nitrogens is 2. The van der Waals surface area contributed by atoms with E-state index in [1.165, 1.54) is 12.0 Å². The fourth-order valence-electron chi connectivity index (χ4n) is 3.84. The molecule has 1 aromatic heterocycles. The first-order chi connectivity index (χ1) is 12.7. The van der Waals surface area contributed by atoms with Crippen molar-refractivity contribution in [2.75, 3.05) is 6.54 Å². The molecule has 1 aromatic carbocycles. The van der Waals surface area contributed by atoms with Gasteiger partial charge in [-0.15, -0.1) is 0 Å². The van der Waals surface area contributed by atoms with Gasteiger partial charge in [-0.3, -0.25) is 4.79 Å². The molecular formula is C21H29N3O2. The summed E-state index contributed by atoms with van der Waals surface area (Å²) in [6, 6.07) is 7.73. The normalized spacial score (nSPS) is 17.4. The molecule has 3 rings (SSSR count). The Kier molecular flexibility index (Phi) is 6.31. The SMILES string of the molecule is CCc1nccn1CCC(=O)N1CCCCC1CCc1ccc(O)cc1. The van der Waals surface area contributed by atoms with Gasteiger partial charge < -0.3 is 14.6 Å². The van der Waals surface area contributed by atoms with Crippen LogP contribution in [-0.4, -0.2) is 38.1 Å². The quantitative estimate of drug-likeness (QED) is 0.826. The maximum atomic E-state index is 12.8. The van der Waals surface area contributed by atoms with E-state index in [-0.39, 0.29) is 5.91 Å². The third-order valence-corrected chi connectivity index (χ3v) is 5.33. The van der Waals surface area contributed by atoms with Gasteiger partial charge in [0.1, 0.15) is 11.6 Å².